The largest absolute Gasteiger partial charge is 0.355 e. The molecule has 0 rings (SSSR count). The van der Waals surface area contributed by atoms with Crippen molar-refractivity contribution in [2.24, 2.45) is 0 Å². The number of carbonyl (C=O) groups is 3. The molecule has 3 N–H and O–H groups in total. The molecule has 7 heteroatoms. The second-order valence-electron chi connectivity index (χ2n) is 4.95. The van der Waals surface area contributed by atoms with Crippen molar-refractivity contribution in [2.75, 3.05) is 39.3 Å². The Hall–Kier alpha value is -1.63. The summed E-state index contributed by atoms with van der Waals surface area (Å²) in [5.74, 6) is 0.0792. The van der Waals surface area contributed by atoms with Crippen LogP contribution < -0.4 is 16.0 Å². The molecule has 0 fully saturated rings. The lowest BCUT2D eigenvalue weighted by Crippen LogP contribution is -2.42. The van der Waals surface area contributed by atoms with E-state index in [1.54, 1.807) is 0 Å². The predicted octanol–water partition coefficient (Wildman–Crippen LogP) is 2.95. The van der Waals surface area contributed by atoms with Crippen LogP contribution in [0, 0.1) is 0 Å². The summed E-state index contributed by atoms with van der Waals surface area (Å²) in [5.41, 5.74) is 0. The summed E-state index contributed by atoms with van der Waals surface area (Å²) in [6.45, 7) is 21.2. The Morgan fingerprint density at radius 2 is 0.750 bits per heavy atom. The highest BCUT2D eigenvalue weighted by Gasteiger charge is 2.07. The van der Waals surface area contributed by atoms with E-state index in [0.29, 0.717) is 58.5 Å². The van der Waals surface area contributed by atoms with Crippen LogP contribution in [-0.4, -0.2) is 61.9 Å². The second kappa shape index (κ2) is 30.1. The van der Waals surface area contributed by atoms with Crippen molar-refractivity contribution in [2.45, 2.75) is 81.6 Å². The molecule has 0 radical (unpaired) electrons. The van der Waals surface area contributed by atoms with Gasteiger partial charge in [-0.25, -0.2) is 0 Å². The van der Waals surface area contributed by atoms with Crippen molar-refractivity contribution in [3.63, 3.8) is 0 Å². The first-order valence-electron chi connectivity index (χ1n) is 11.1. The van der Waals surface area contributed by atoms with Gasteiger partial charge < -0.3 is 16.0 Å². The molecule has 0 aliphatic heterocycles. The minimum absolute atomic E-state index is 0.0264. The van der Waals surface area contributed by atoms with Gasteiger partial charge in [0.25, 0.3) is 0 Å². The van der Waals surface area contributed by atoms with E-state index in [-0.39, 0.29) is 17.7 Å². The Labute approximate surface area is 174 Å². The van der Waals surface area contributed by atoms with E-state index in [1.807, 2.05) is 62.3 Å². The summed E-state index contributed by atoms with van der Waals surface area (Å²) in [6, 6.07) is 0. The average molecular weight is 405 g/mol. The molecular formula is C21H48N4O3. The Morgan fingerprint density at radius 3 is 0.929 bits per heavy atom. The summed E-state index contributed by atoms with van der Waals surface area (Å²) in [4.78, 5) is 35.8. The van der Waals surface area contributed by atoms with Crippen molar-refractivity contribution in [3.05, 3.63) is 0 Å². The summed E-state index contributed by atoms with van der Waals surface area (Å²) < 4.78 is 0. The monoisotopic (exact) mass is 404 g/mol. The molecule has 0 unspecified atom stereocenters. The Bertz CT molecular complexity index is 298. The molecule has 0 aliphatic rings. The fourth-order valence-electron chi connectivity index (χ4n) is 1.77. The van der Waals surface area contributed by atoms with Crippen LogP contribution in [0.1, 0.15) is 81.6 Å². The van der Waals surface area contributed by atoms with Crippen molar-refractivity contribution in [1.29, 1.82) is 0 Å². The van der Waals surface area contributed by atoms with Gasteiger partial charge in [0.1, 0.15) is 0 Å². The highest BCUT2D eigenvalue weighted by Crippen LogP contribution is 1.88. The van der Waals surface area contributed by atoms with Gasteiger partial charge in [-0.2, -0.15) is 0 Å². The van der Waals surface area contributed by atoms with Crippen LogP contribution in [0.2, 0.25) is 0 Å². The molecule has 3 amide bonds. The highest BCUT2D eigenvalue weighted by molar-refractivity contribution is 5.76. The molecule has 0 aliphatic carbocycles. The second-order valence-corrected chi connectivity index (χ2v) is 4.95. The molecule has 0 atom stereocenters. The van der Waals surface area contributed by atoms with Gasteiger partial charge in [-0.15, -0.1) is 0 Å². The van der Waals surface area contributed by atoms with Crippen LogP contribution in [0.5, 0.6) is 0 Å². The molecule has 0 aromatic heterocycles. The normalized spacial score (nSPS) is 8.79. The van der Waals surface area contributed by atoms with Crippen molar-refractivity contribution < 1.29 is 14.4 Å². The van der Waals surface area contributed by atoms with Crippen LogP contribution in [0.25, 0.3) is 0 Å². The SMILES string of the molecule is CC.CC.CC.CCC(=O)NCCN(CCNC(=O)CC)CCNC(=O)CC. The summed E-state index contributed by atoms with van der Waals surface area (Å²) in [5, 5.41) is 8.48. The molecular weight excluding hydrogens is 356 g/mol. The van der Waals surface area contributed by atoms with Crippen LogP contribution in [-0.2, 0) is 14.4 Å². The third-order valence-electron chi connectivity index (χ3n) is 3.21. The van der Waals surface area contributed by atoms with E-state index >= 15 is 0 Å². The van der Waals surface area contributed by atoms with Crippen molar-refractivity contribution >= 4 is 17.7 Å². The topological polar surface area (TPSA) is 90.5 Å². The summed E-state index contributed by atoms with van der Waals surface area (Å²) in [7, 11) is 0. The van der Waals surface area contributed by atoms with Crippen molar-refractivity contribution in [1.82, 2.24) is 20.9 Å². The Balaban J connectivity index is -0.000000434. The fraction of sp³-hybridized carbons (Fsp3) is 0.857. The Kier molecular flexibility index (Phi) is 36.5. The van der Waals surface area contributed by atoms with E-state index < -0.39 is 0 Å². The number of hydrogen-bond acceptors (Lipinski definition) is 4. The summed E-state index contributed by atoms with van der Waals surface area (Å²) in [6.07, 6.45) is 1.41. The van der Waals surface area contributed by atoms with Gasteiger partial charge in [0.2, 0.25) is 17.7 Å². The van der Waals surface area contributed by atoms with E-state index in [0.717, 1.165) is 0 Å². The van der Waals surface area contributed by atoms with Crippen molar-refractivity contribution in [3.8, 4) is 0 Å². The van der Waals surface area contributed by atoms with Crippen LogP contribution in [0.15, 0.2) is 0 Å². The molecule has 0 heterocycles. The number of rotatable bonds is 12. The molecule has 0 bridgehead atoms. The first-order valence-corrected chi connectivity index (χ1v) is 11.1. The van der Waals surface area contributed by atoms with Crippen LogP contribution in [0.4, 0.5) is 0 Å². The van der Waals surface area contributed by atoms with Crippen LogP contribution in [0.3, 0.4) is 0 Å². The van der Waals surface area contributed by atoms with E-state index in [9.17, 15) is 14.4 Å². The zero-order valence-electron chi connectivity index (χ0n) is 20.0. The maximum atomic E-state index is 11.2. The molecule has 0 aromatic rings. The zero-order valence-corrected chi connectivity index (χ0v) is 20.0. The lowest BCUT2D eigenvalue weighted by atomic mass is 10.3. The minimum Gasteiger partial charge on any atom is -0.355 e. The molecule has 0 saturated carbocycles. The fourth-order valence-corrected chi connectivity index (χ4v) is 1.77. The van der Waals surface area contributed by atoms with E-state index in [2.05, 4.69) is 20.9 Å². The first kappa shape index (κ1) is 33.9. The molecule has 0 aromatic carbocycles. The third-order valence-corrected chi connectivity index (χ3v) is 3.21. The van der Waals surface area contributed by atoms with E-state index in [1.165, 1.54) is 0 Å². The molecule has 0 saturated heterocycles. The number of amides is 3. The molecule has 170 valence electrons. The number of carbonyl (C=O) groups excluding carboxylic acids is 3. The molecule has 28 heavy (non-hydrogen) atoms. The molecule has 7 nitrogen and oxygen atoms in total. The highest BCUT2D eigenvalue weighted by atomic mass is 16.2. The lowest BCUT2D eigenvalue weighted by Gasteiger charge is -2.22. The minimum atomic E-state index is 0.0264. The van der Waals surface area contributed by atoms with Gasteiger partial charge in [0, 0.05) is 58.5 Å². The van der Waals surface area contributed by atoms with Gasteiger partial charge in [-0.1, -0.05) is 62.3 Å². The zero-order chi connectivity index (χ0) is 22.8. The number of nitrogens with zero attached hydrogens (tertiary/aromatic N) is 1. The standard InChI is InChI=1S/C15H30N4O3.3C2H6/c1-4-13(20)16-7-10-19(11-8-17-14(21)5-2)12-9-18-15(22)6-3;3*1-2/h4-12H2,1-3H3,(H,16,20)(H,17,21)(H,18,22);3*1-2H3. The van der Waals surface area contributed by atoms with Gasteiger partial charge in [0.15, 0.2) is 0 Å². The predicted molar refractivity (Wildman–Crippen MR) is 120 cm³/mol. The maximum Gasteiger partial charge on any atom is 0.219 e. The molecule has 0 spiro atoms. The average Bonchev–Trinajstić information content (AvgIpc) is 2.76. The van der Waals surface area contributed by atoms with Gasteiger partial charge >= 0.3 is 0 Å². The first-order chi connectivity index (χ1) is 13.5. The van der Waals surface area contributed by atoms with Gasteiger partial charge in [-0.05, 0) is 0 Å². The van der Waals surface area contributed by atoms with Gasteiger partial charge in [-0.3, -0.25) is 19.3 Å². The lowest BCUT2D eigenvalue weighted by molar-refractivity contribution is -0.121. The third kappa shape index (κ3) is 26.6. The Morgan fingerprint density at radius 1 is 0.536 bits per heavy atom. The van der Waals surface area contributed by atoms with Gasteiger partial charge in [0.05, 0.1) is 0 Å². The number of nitrogens with one attached hydrogen (secondary N) is 3. The smallest absolute Gasteiger partial charge is 0.219 e. The summed E-state index contributed by atoms with van der Waals surface area (Å²) >= 11 is 0. The van der Waals surface area contributed by atoms with Crippen LogP contribution >= 0.6 is 0 Å². The number of hydrogen-bond donors (Lipinski definition) is 3. The van der Waals surface area contributed by atoms with E-state index in [4.69, 9.17) is 0 Å². The maximum absolute atomic E-state index is 11.2. The quantitative estimate of drug-likeness (QED) is 0.466.